The van der Waals surface area contributed by atoms with E-state index in [4.69, 9.17) is 11.5 Å². The van der Waals surface area contributed by atoms with Crippen molar-refractivity contribution in [3.05, 3.63) is 29.8 Å². The van der Waals surface area contributed by atoms with Gasteiger partial charge in [0.05, 0.1) is 5.69 Å². The molecule has 4 heteroatoms. The molecule has 4 nitrogen and oxygen atoms in total. The van der Waals surface area contributed by atoms with Gasteiger partial charge in [-0.1, -0.05) is 12.1 Å². The summed E-state index contributed by atoms with van der Waals surface area (Å²) in [5, 5.41) is 0. The molecular weight excluding hydrogens is 166 g/mol. The summed E-state index contributed by atoms with van der Waals surface area (Å²) in [6, 6.07) is 6.91. The van der Waals surface area contributed by atoms with Gasteiger partial charge in [0.1, 0.15) is 0 Å². The molecular formula is C9H11N3O. The second-order valence-electron chi connectivity index (χ2n) is 2.61. The van der Waals surface area contributed by atoms with Gasteiger partial charge in [0.25, 0.3) is 0 Å². The Morgan fingerprint density at radius 3 is 2.46 bits per heavy atom. The average Bonchev–Trinajstić information content (AvgIpc) is 2.03. The van der Waals surface area contributed by atoms with Crippen molar-refractivity contribution < 1.29 is 4.79 Å². The first kappa shape index (κ1) is 9.25. The Kier molecular flexibility index (Phi) is 2.64. The largest absolute Gasteiger partial charge is 0.370 e. The maximum atomic E-state index is 11.1. The highest BCUT2D eigenvalue weighted by Gasteiger charge is 2.04. The zero-order chi connectivity index (χ0) is 9.84. The van der Waals surface area contributed by atoms with Crippen LogP contribution in [-0.2, 0) is 0 Å². The minimum atomic E-state index is -0.0550. The lowest BCUT2D eigenvalue weighted by atomic mass is 10.1. The van der Waals surface area contributed by atoms with Gasteiger partial charge in [-0.3, -0.25) is 4.79 Å². The number of hydrogen-bond acceptors (Lipinski definition) is 2. The fourth-order valence-corrected chi connectivity index (χ4v) is 1.01. The van der Waals surface area contributed by atoms with Crippen LogP contribution in [0.5, 0.6) is 0 Å². The van der Waals surface area contributed by atoms with E-state index < -0.39 is 0 Å². The minimum absolute atomic E-state index is 0.0475. The average molecular weight is 177 g/mol. The lowest BCUT2D eigenvalue weighted by Gasteiger charge is -2.00. The van der Waals surface area contributed by atoms with Gasteiger partial charge in [-0.05, 0) is 19.1 Å². The molecule has 0 radical (unpaired) electrons. The molecule has 0 aromatic heterocycles. The van der Waals surface area contributed by atoms with Crippen LogP contribution in [0.15, 0.2) is 29.3 Å². The lowest BCUT2D eigenvalue weighted by Crippen LogP contribution is -2.22. The van der Waals surface area contributed by atoms with Gasteiger partial charge < -0.3 is 11.5 Å². The molecule has 0 amide bonds. The summed E-state index contributed by atoms with van der Waals surface area (Å²) in [6.45, 7) is 1.47. The number of aliphatic imine (C=N–C) groups is 1. The Labute approximate surface area is 76.3 Å². The highest BCUT2D eigenvalue weighted by Crippen LogP contribution is 2.18. The van der Waals surface area contributed by atoms with Crippen LogP contribution in [0.1, 0.15) is 17.3 Å². The number of para-hydroxylation sites is 1. The Bertz CT molecular complexity index is 354. The van der Waals surface area contributed by atoms with Crippen molar-refractivity contribution in [3.8, 4) is 0 Å². The smallest absolute Gasteiger partial charge is 0.191 e. The van der Waals surface area contributed by atoms with Crippen LogP contribution in [0, 0.1) is 0 Å². The number of rotatable bonds is 2. The molecule has 0 bridgehead atoms. The van der Waals surface area contributed by atoms with Gasteiger partial charge in [-0.25, -0.2) is 4.99 Å². The van der Waals surface area contributed by atoms with E-state index in [2.05, 4.69) is 4.99 Å². The van der Waals surface area contributed by atoms with Crippen LogP contribution in [-0.4, -0.2) is 11.7 Å². The number of benzene rings is 1. The van der Waals surface area contributed by atoms with Gasteiger partial charge in [0.15, 0.2) is 11.7 Å². The molecule has 0 aliphatic heterocycles. The standard InChI is InChI=1S/C9H11N3O/c1-6(13)7-4-2-3-5-8(7)12-9(10)11/h2-5H,1H3,(H4,10,11,12). The van der Waals surface area contributed by atoms with Crippen molar-refractivity contribution in [2.24, 2.45) is 16.5 Å². The van der Waals surface area contributed by atoms with E-state index in [0.29, 0.717) is 11.3 Å². The minimum Gasteiger partial charge on any atom is -0.370 e. The van der Waals surface area contributed by atoms with Gasteiger partial charge in [-0.15, -0.1) is 0 Å². The molecule has 0 fully saturated rings. The Morgan fingerprint density at radius 1 is 1.31 bits per heavy atom. The number of nitrogens with zero attached hydrogens (tertiary/aromatic N) is 1. The summed E-state index contributed by atoms with van der Waals surface area (Å²) in [5.41, 5.74) is 11.5. The molecule has 0 saturated carbocycles. The molecule has 13 heavy (non-hydrogen) atoms. The number of hydrogen-bond donors (Lipinski definition) is 2. The topological polar surface area (TPSA) is 81.5 Å². The van der Waals surface area contributed by atoms with Crippen LogP contribution in [0.4, 0.5) is 5.69 Å². The van der Waals surface area contributed by atoms with Crippen molar-refractivity contribution in [3.63, 3.8) is 0 Å². The Morgan fingerprint density at radius 2 is 1.92 bits per heavy atom. The highest BCUT2D eigenvalue weighted by atomic mass is 16.1. The van der Waals surface area contributed by atoms with Crippen LogP contribution in [0.2, 0.25) is 0 Å². The third-order valence-corrected chi connectivity index (χ3v) is 1.53. The highest BCUT2D eigenvalue weighted by molar-refractivity contribution is 5.99. The lowest BCUT2D eigenvalue weighted by molar-refractivity contribution is 0.101. The summed E-state index contributed by atoms with van der Waals surface area (Å²) in [6.07, 6.45) is 0. The third-order valence-electron chi connectivity index (χ3n) is 1.53. The normalized spacial score (nSPS) is 9.31. The van der Waals surface area contributed by atoms with Crippen LogP contribution in [0.25, 0.3) is 0 Å². The Hall–Kier alpha value is -1.84. The molecule has 0 atom stereocenters. The molecule has 1 aromatic carbocycles. The van der Waals surface area contributed by atoms with E-state index in [1.807, 2.05) is 0 Å². The van der Waals surface area contributed by atoms with E-state index in [9.17, 15) is 4.79 Å². The summed E-state index contributed by atoms with van der Waals surface area (Å²) in [4.78, 5) is 14.9. The molecule has 1 aromatic rings. The van der Waals surface area contributed by atoms with E-state index in [-0.39, 0.29) is 11.7 Å². The fourth-order valence-electron chi connectivity index (χ4n) is 1.01. The summed E-state index contributed by atoms with van der Waals surface area (Å²) in [7, 11) is 0. The molecule has 0 saturated heterocycles. The molecule has 0 spiro atoms. The monoisotopic (exact) mass is 177 g/mol. The second kappa shape index (κ2) is 3.71. The maximum Gasteiger partial charge on any atom is 0.191 e. The molecule has 0 aliphatic carbocycles. The number of carbonyl (C=O) groups is 1. The van der Waals surface area contributed by atoms with Gasteiger partial charge in [-0.2, -0.15) is 0 Å². The van der Waals surface area contributed by atoms with E-state index in [0.717, 1.165) is 0 Å². The number of carbonyl (C=O) groups excluding carboxylic acids is 1. The first-order valence-electron chi connectivity index (χ1n) is 3.81. The summed E-state index contributed by atoms with van der Waals surface area (Å²) >= 11 is 0. The number of Topliss-reactive ketones (excluding diaryl/α,β-unsaturated/α-hetero) is 1. The first-order valence-corrected chi connectivity index (χ1v) is 3.81. The van der Waals surface area contributed by atoms with Gasteiger partial charge in [0.2, 0.25) is 0 Å². The second-order valence-corrected chi connectivity index (χ2v) is 2.61. The van der Waals surface area contributed by atoms with Crippen molar-refractivity contribution in [1.82, 2.24) is 0 Å². The molecule has 68 valence electrons. The molecule has 0 heterocycles. The van der Waals surface area contributed by atoms with Crippen LogP contribution < -0.4 is 11.5 Å². The van der Waals surface area contributed by atoms with Crippen molar-refractivity contribution >= 4 is 17.4 Å². The third kappa shape index (κ3) is 2.30. The summed E-state index contributed by atoms with van der Waals surface area (Å²) in [5.74, 6) is -0.102. The van der Waals surface area contributed by atoms with Crippen LogP contribution >= 0.6 is 0 Å². The first-order chi connectivity index (χ1) is 6.11. The molecule has 4 N–H and O–H groups in total. The predicted molar refractivity (Wildman–Crippen MR) is 51.9 cm³/mol. The van der Waals surface area contributed by atoms with E-state index in [1.165, 1.54) is 6.92 Å². The van der Waals surface area contributed by atoms with Crippen LogP contribution in [0.3, 0.4) is 0 Å². The van der Waals surface area contributed by atoms with Crippen molar-refractivity contribution in [2.75, 3.05) is 0 Å². The predicted octanol–water partition coefficient (Wildman–Crippen LogP) is 0.794. The number of ketones is 1. The van der Waals surface area contributed by atoms with Gasteiger partial charge >= 0.3 is 0 Å². The van der Waals surface area contributed by atoms with Crippen molar-refractivity contribution in [1.29, 1.82) is 0 Å². The number of guanidine groups is 1. The molecule has 0 unspecified atom stereocenters. The molecule has 0 aliphatic rings. The fraction of sp³-hybridized carbons (Fsp3) is 0.111. The zero-order valence-electron chi connectivity index (χ0n) is 7.32. The quantitative estimate of drug-likeness (QED) is 0.398. The zero-order valence-corrected chi connectivity index (χ0v) is 7.32. The number of nitrogens with two attached hydrogens (primary N) is 2. The Balaban J connectivity index is 3.20. The molecule has 1 rings (SSSR count). The van der Waals surface area contributed by atoms with E-state index in [1.54, 1.807) is 24.3 Å². The van der Waals surface area contributed by atoms with E-state index >= 15 is 0 Å². The van der Waals surface area contributed by atoms with Crippen molar-refractivity contribution in [2.45, 2.75) is 6.92 Å². The summed E-state index contributed by atoms with van der Waals surface area (Å²) < 4.78 is 0. The maximum absolute atomic E-state index is 11.1. The van der Waals surface area contributed by atoms with Gasteiger partial charge in [0, 0.05) is 5.56 Å². The SMILES string of the molecule is CC(=O)c1ccccc1N=C(N)N.